The highest BCUT2D eigenvalue weighted by atomic mass is 14.9. The molecule has 0 N–H and O–H groups in total. The van der Waals surface area contributed by atoms with Crippen molar-refractivity contribution in [3.05, 3.63) is 64.7 Å². The average molecular weight is 318 g/mol. The minimum atomic E-state index is 0.688. The molecule has 2 aromatic carbocycles. The molecule has 0 bridgehead atoms. The largest absolute Gasteiger partial charge is 0.213 e. The minimum absolute atomic E-state index is 0.688. The molecule has 0 amide bonds. The fraction of sp³-hybridized carbons (Fsp3) is 0.348. The molecule has 0 radical (unpaired) electrons. The van der Waals surface area contributed by atoms with Gasteiger partial charge in [-0.15, -0.1) is 0 Å². The molecule has 0 aliphatic heterocycles. The Kier molecular flexibility index (Phi) is 4.45. The summed E-state index contributed by atoms with van der Waals surface area (Å²) in [6.07, 6.45) is 1.14. The summed E-state index contributed by atoms with van der Waals surface area (Å²) in [6, 6.07) is 16.0. The van der Waals surface area contributed by atoms with Gasteiger partial charge in [0.05, 0.1) is 0 Å². The van der Waals surface area contributed by atoms with Gasteiger partial charge in [0.2, 0.25) is 11.2 Å². The van der Waals surface area contributed by atoms with Gasteiger partial charge < -0.3 is 0 Å². The predicted octanol–water partition coefficient (Wildman–Crippen LogP) is 5.46. The molecule has 0 saturated heterocycles. The summed E-state index contributed by atoms with van der Waals surface area (Å²) in [7, 11) is 2.18. The van der Waals surface area contributed by atoms with Gasteiger partial charge in [0.15, 0.2) is 0 Å². The van der Waals surface area contributed by atoms with Gasteiger partial charge in [-0.1, -0.05) is 31.5 Å². The molecular weight excluding hydrogens is 290 g/mol. The van der Waals surface area contributed by atoms with Crippen molar-refractivity contribution in [2.75, 3.05) is 0 Å². The predicted molar refractivity (Wildman–Crippen MR) is 103 cm³/mol. The molecule has 1 nitrogen and oxygen atoms in total. The van der Waals surface area contributed by atoms with Crippen LogP contribution in [0, 0.1) is 26.7 Å². The first-order valence-electron chi connectivity index (χ1n) is 8.86. The Bertz CT molecular complexity index is 904. The zero-order valence-electron chi connectivity index (χ0n) is 15.8. The smallest absolute Gasteiger partial charge is 0.194 e. The van der Waals surface area contributed by atoms with Gasteiger partial charge in [0.1, 0.15) is 7.05 Å². The second-order valence-electron chi connectivity index (χ2n) is 7.52. The molecule has 0 spiro atoms. The number of hydrogen-bond acceptors (Lipinski definition) is 0. The van der Waals surface area contributed by atoms with Crippen LogP contribution in [0.5, 0.6) is 0 Å². The first-order chi connectivity index (χ1) is 11.4. The van der Waals surface area contributed by atoms with E-state index >= 15 is 0 Å². The first kappa shape index (κ1) is 16.7. The molecule has 1 heterocycles. The van der Waals surface area contributed by atoms with Crippen molar-refractivity contribution in [1.82, 2.24) is 0 Å². The number of benzene rings is 2. The number of rotatable bonds is 3. The molecule has 1 aromatic heterocycles. The number of nitrogens with zero attached hydrogens (tertiary/aromatic N) is 1. The molecule has 0 aliphatic carbocycles. The van der Waals surface area contributed by atoms with Crippen LogP contribution in [0.25, 0.3) is 22.2 Å². The summed E-state index contributed by atoms with van der Waals surface area (Å²) in [6.45, 7) is 11.1. The minimum Gasteiger partial charge on any atom is -0.194 e. The van der Waals surface area contributed by atoms with Gasteiger partial charge in [-0.2, -0.15) is 4.57 Å². The highest BCUT2D eigenvalue weighted by molar-refractivity contribution is 5.79. The van der Waals surface area contributed by atoms with E-state index in [2.05, 4.69) is 88.7 Å². The van der Waals surface area contributed by atoms with Crippen LogP contribution in [0.15, 0.2) is 42.5 Å². The van der Waals surface area contributed by atoms with Gasteiger partial charge in [-0.25, -0.2) is 0 Å². The van der Waals surface area contributed by atoms with Crippen LogP contribution in [-0.4, -0.2) is 0 Å². The molecule has 124 valence electrons. The quantitative estimate of drug-likeness (QED) is 0.565. The van der Waals surface area contributed by atoms with Crippen LogP contribution in [0.3, 0.4) is 0 Å². The van der Waals surface area contributed by atoms with Crippen LogP contribution in [0.4, 0.5) is 0 Å². The maximum atomic E-state index is 2.34. The third kappa shape index (κ3) is 3.08. The Hall–Kier alpha value is -2.15. The number of aromatic nitrogens is 1. The molecule has 0 aliphatic rings. The number of hydrogen-bond donors (Lipinski definition) is 0. The third-order valence-corrected chi connectivity index (χ3v) is 4.97. The summed E-state index contributed by atoms with van der Waals surface area (Å²) < 4.78 is 2.33. The monoisotopic (exact) mass is 318 g/mol. The first-order valence-corrected chi connectivity index (χ1v) is 8.86. The maximum Gasteiger partial charge on any atom is 0.213 e. The Labute approximate surface area is 146 Å². The standard InChI is InChI=1S/C23H28N/c1-15(2)11-19-7-9-22-20(14-19)8-10-23(24(22)6)21-13-16(3)12-17(4)18(21)5/h7-10,12-15H,11H2,1-6H3/q+1. The van der Waals surface area contributed by atoms with Gasteiger partial charge in [-0.05, 0) is 68.0 Å². The van der Waals surface area contributed by atoms with E-state index in [0.29, 0.717) is 5.92 Å². The van der Waals surface area contributed by atoms with Crippen LogP contribution in [-0.2, 0) is 13.5 Å². The Morgan fingerprint density at radius 2 is 1.67 bits per heavy atom. The zero-order chi connectivity index (χ0) is 17.4. The normalized spacial score (nSPS) is 11.5. The second-order valence-corrected chi connectivity index (χ2v) is 7.52. The van der Waals surface area contributed by atoms with Crippen molar-refractivity contribution < 1.29 is 4.57 Å². The van der Waals surface area contributed by atoms with E-state index in [4.69, 9.17) is 0 Å². The second kappa shape index (κ2) is 6.39. The van der Waals surface area contributed by atoms with E-state index in [0.717, 1.165) is 6.42 Å². The van der Waals surface area contributed by atoms with E-state index in [1.807, 2.05) is 0 Å². The number of fused-ring (bicyclic) bond motifs is 1. The zero-order valence-corrected chi connectivity index (χ0v) is 15.8. The fourth-order valence-corrected chi connectivity index (χ4v) is 3.63. The van der Waals surface area contributed by atoms with E-state index in [1.54, 1.807) is 0 Å². The van der Waals surface area contributed by atoms with Crippen LogP contribution < -0.4 is 4.57 Å². The Balaban J connectivity index is 2.16. The van der Waals surface area contributed by atoms with Gasteiger partial charge in [-0.3, -0.25) is 0 Å². The Morgan fingerprint density at radius 1 is 0.917 bits per heavy atom. The van der Waals surface area contributed by atoms with Crippen molar-refractivity contribution in [2.45, 2.75) is 41.0 Å². The van der Waals surface area contributed by atoms with Crippen LogP contribution in [0.2, 0.25) is 0 Å². The molecule has 3 rings (SSSR count). The fourth-order valence-electron chi connectivity index (χ4n) is 3.63. The van der Waals surface area contributed by atoms with E-state index in [-0.39, 0.29) is 0 Å². The molecule has 0 unspecified atom stereocenters. The molecule has 0 fully saturated rings. The summed E-state index contributed by atoms with van der Waals surface area (Å²) in [4.78, 5) is 0. The summed E-state index contributed by atoms with van der Waals surface area (Å²) in [5, 5.41) is 1.32. The molecule has 3 aromatic rings. The van der Waals surface area contributed by atoms with Crippen molar-refractivity contribution >= 4 is 10.9 Å². The maximum absolute atomic E-state index is 2.34. The molecular formula is C23H28N+. The highest BCUT2D eigenvalue weighted by Crippen LogP contribution is 2.26. The third-order valence-electron chi connectivity index (χ3n) is 4.97. The van der Waals surface area contributed by atoms with Gasteiger partial charge in [0.25, 0.3) is 0 Å². The van der Waals surface area contributed by atoms with E-state index in [1.165, 1.54) is 44.4 Å². The Morgan fingerprint density at radius 3 is 2.38 bits per heavy atom. The topological polar surface area (TPSA) is 3.88 Å². The summed E-state index contributed by atoms with van der Waals surface area (Å²) >= 11 is 0. The van der Waals surface area contributed by atoms with Gasteiger partial charge >= 0.3 is 0 Å². The van der Waals surface area contributed by atoms with Gasteiger partial charge in [0, 0.05) is 23.1 Å². The summed E-state index contributed by atoms with van der Waals surface area (Å²) in [5.41, 5.74) is 9.38. The van der Waals surface area contributed by atoms with Crippen molar-refractivity contribution in [3.8, 4) is 11.3 Å². The lowest BCUT2D eigenvalue weighted by atomic mass is 9.96. The lowest BCUT2D eigenvalue weighted by Gasteiger charge is -2.11. The van der Waals surface area contributed by atoms with Crippen molar-refractivity contribution in [1.29, 1.82) is 0 Å². The average Bonchev–Trinajstić information content (AvgIpc) is 2.51. The SMILES string of the molecule is Cc1cc(C)c(C)c(-c2ccc3cc(CC(C)C)ccc3[n+]2C)c1. The van der Waals surface area contributed by atoms with Crippen molar-refractivity contribution in [2.24, 2.45) is 13.0 Å². The molecule has 0 atom stereocenters. The lowest BCUT2D eigenvalue weighted by molar-refractivity contribution is -0.633. The highest BCUT2D eigenvalue weighted by Gasteiger charge is 2.17. The van der Waals surface area contributed by atoms with Crippen LogP contribution >= 0.6 is 0 Å². The van der Waals surface area contributed by atoms with Crippen molar-refractivity contribution in [3.63, 3.8) is 0 Å². The molecule has 1 heteroatoms. The van der Waals surface area contributed by atoms with Crippen LogP contribution in [0.1, 0.15) is 36.1 Å². The number of pyridine rings is 1. The van der Waals surface area contributed by atoms with E-state index < -0.39 is 0 Å². The summed E-state index contributed by atoms with van der Waals surface area (Å²) in [5.74, 6) is 0.688. The number of aryl methyl sites for hydroxylation is 3. The molecule has 0 saturated carbocycles. The lowest BCUT2D eigenvalue weighted by Crippen LogP contribution is -2.32. The van der Waals surface area contributed by atoms with E-state index in [9.17, 15) is 0 Å². The molecule has 24 heavy (non-hydrogen) atoms.